The van der Waals surface area contributed by atoms with E-state index >= 15 is 0 Å². The Morgan fingerprint density at radius 1 is 0.456 bits per heavy atom. The number of fused-ring (bicyclic) bond motifs is 12. The molecule has 1 radical (unpaired) electrons. The van der Waals surface area contributed by atoms with Crippen molar-refractivity contribution < 1.29 is 124 Å². The number of allylic oxidation sites excluding steroid dienone is 4. The maximum Gasteiger partial charge on any atom is 3.00 e. The molecular formula is C120H99Ir4N8S4-2. The van der Waals surface area contributed by atoms with Gasteiger partial charge in [-0.15, -0.1) is 222 Å². The van der Waals surface area contributed by atoms with Crippen LogP contribution < -0.4 is 0 Å². The molecule has 8 nitrogen and oxygen atoms in total. The first kappa shape index (κ1) is 70.4. The molecule has 9 aromatic heterocycles. The molecule has 21 aromatic rings. The third-order valence-corrected chi connectivity index (χ3v) is 23.8. The Balaban J connectivity index is 0.000000230. The predicted molar refractivity (Wildman–Crippen MR) is 571 cm³/mol. The second kappa shape index (κ2) is 55.1. The Morgan fingerprint density at radius 2 is 1.01 bits per heavy atom. The van der Waals surface area contributed by atoms with Crippen molar-refractivity contribution in [2.24, 2.45) is 5.92 Å². The van der Waals surface area contributed by atoms with Crippen LogP contribution in [0.2, 0.25) is 0 Å². The second-order valence-electron chi connectivity index (χ2n) is 28.5. The van der Waals surface area contributed by atoms with Gasteiger partial charge in [-0.2, -0.15) is 92.9 Å². The monoisotopic (exact) mass is 2580 g/mol. The van der Waals surface area contributed by atoms with Gasteiger partial charge in [0.25, 0.3) is 0 Å². The van der Waals surface area contributed by atoms with E-state index in [1.807, 2.05) is 145 Å². The minimum absolute atomic E-state index is 0. The Bertz CT molecular complexity index is 8710. The minimum atomic E-state index is -2.35. The number of rotatable bonds is 15. The van der Waals surface area contributed by atoms with Crippen molar-refractivity contribution in [1.29, 1.82) is 0 Å². The number of hydrogen-bond donors (Lipinski definition) is 0. The largest absolute Gasteiger partial charge is 3.00 e. The first-order valence-electron chi connectivity index (χ1n) is 56.2. The van der Waals surface area contributed by atoms with Gasteiger partial charge in [-0.25, -0.2) is 11.4 Å². The first-order chi connectivity index (χ1) is 77.1. The minimum Gasteiger partial charge on any atom is -0.859 e. The third-order valence-electron chi connectivity index (χ3n) is 19.3. The van der Waals surface area contributed by atoms with Crippen molar-refractivity contribution in [2.75, 3.05) is 6.54 Å². The smallest absolute Gasteiger partial charge is 0.859 e. The SMILES string of the molecule is [2HH].[2H]C([2H])([2H])C(=C)/C(C)=C\C(=[N-])c1[c-]cccc1.[2H]C([2H])([2H])C(=C)C(C)CC(=[N-])c1[c-]cc(C([2H])([2H])[2H])cc1.[2H]C([2H])([2H])c1c[c-]c(-c2ccc(C([2H])([2H])[2H])cn2)cc1.[2H]C=C([N-]CC(=C[2H])C([2H])([2H])[2H])c1[c-]cc2c(c1)sc1ccccc12.[2H]c1cc([2H])c([2H])cn1.[2H]c1nc(-c2[c-]ccc3sc4ccccc4c23)c([2H])c([2H])c1[2H].[2H]c1nc(-c2[c-]ccc3sc4ccccc4c23)c([2H])c([2H])c1[2H].[Ir+3].[Ir+3].[Ir+3].[Ir].[c-]1ccc2sc3ccccc3c2c1.[c-]1ccccc1-c1ccccn1. The molecular weight excluding hydrogens is 2450 g/mol. The predicted octanol–water partition coefficient (Wildman–Crippen LogP) is 33.6. The van der Waals surface area contributed by atoms with Crippen LogP contribution in [0.4, 0.5) is 0 Å². The van der Waals surface area contributed by atoms with E-state index in [4.69, 9.17) is 42.5 Å². The molecule has 0 N–H and O–H groups in total. The zero-order valence-electron chi connectivity index (χ0n) is 103. The molecule has 1 atom stereocenters. The van der Waals surface area contributed by atoms with Gasteiger partial charge in [0.2, 0.25) is 0 Å². The quantitative estimate of drug-likeness (QED) is 0.0438. The standard InChI is InChI=1S/C18H15NS.2C17H10NS.C14H17N.C13H12N.C13H13N.C12H7S.C11H8N.C5H5N.4Ir.H2/c1-12(2)11-19-13(3)14-8-9-16-15-6-4-5-7-17(15)20-18(16)10-14;2*1-2-9-15-13(6-1)17-12(7-5-10-16(17)19-15)14-8-3-4-11-18-14;1-10(2)12(4)9-14(15)13-7-5-11(3)6-8-13;1-10-3-6-12(7-4-10)13-8-5-11(2)9-14-13;1-10(2)11(3)9-13(14)12-7-5-4-6-8-12;1-3-7-11-9(5-1)10-6-2-4-8-12(10)13-11;1-2-6-10(7-3-1)11-8-4-5-9-12-11;1-2-4-6-5-3-1;;;;;/h4-7,9-10H,1,3,11H2,2H3;2*1-6,8-11H;5-7,12H,1,9H2,2-4H3;3-6,8-9H,1-2H3;4-7,9H,1H2,2-3H3;1,3-8H;1-6,8-9H;1-5H;;;;;1H/q-2;2*-1;-2;-1;-2;2*-1;;;3*+3;/b;;;;;11-9-;;;;;;;;/i1D,2D3,3D;2*3D,4D,8D,11D;2D3,3D3;1D3,2D3;2D3;;;1D,2D,5D;;;;;1+1. The average molecular weight is 2580 g/mol. The van der Waals surface area contributed by atoms with Crippen molar-refractivity contribution in [2.45, 2.75) is 61.4 Å². The number of aromatic nitrogens is 5. The van der Waals surface area contributed by atoms with E-state index in [0.717, 1.165) is 74.8 Å². The second-order valence-corrected chi connectivity index (χ2v) is 32.9. The van der Waals surface area contributed by atoms with E-state index in [2.05, 4.69) is 140 Å². The van der Waals surface area contributed by atoms with E-state index in [0.29, 0.717) is 50.3 Å². The zero-order valence-corrected chi connectivity index (χ0v) is 85.2. The summed E-state index contributed by atoms with van der Waals surface area (Å²) < 4.78 is 239. The van der Waals surface area contributed by atoms with Crippen LogP contribution in [0, 0.1) is 75.0 Å². The van der Waals surface area contributed by atoms with Gasteiger partial charge in [0, 0.05) is 103 Å². The van der Waals surface area contributed by atoms with Crippen molar-refractivity contribution in [3.63, 3.8) is 0 Å². The van der Waals surface area contributed by atoms with Gasteiger partial charge in [0.1, 0.15) is 0 Å². The van der Waals surface area contributed by atoms with Crippen molar-refractivity contribution in [3.05, 3.63) is 511 Å². The van der Waals surface area contributed by atoms with Gasteiger partial charge in [0.15, 0.2) is 0 Å². The molecule has 0 aliphatic heterocycles. The Labute approximate surface area is 915 Å². The molecule has 12 aromatic carbocycles. The van der Waals surface area contributed by atoms with Crippen LogP contribution in [0.1, 0.15) is 118 Å². The van der Waals surface area contributed by atoms with Crippen molar-refractivity contribution in [1.82, 2.24) is 24.9 Å². The fraction of sp³-hybridized carbons (Fsp3) is 0.0917. The molecule has 0 spiro atoms. The Hall–Kier alpha value is -12.3. The zero-order chi connectivity index (χ0) is 118. The average Bonchev–Trinajstić information content (AvgIpc) is 1.60. The molecule has 0 fully saturated rings. The number of hydrogen-bond acceptors (Lipinski definition) is 9. The van der Waals surface area contributed by atoms with Gasteiger partial charge < -0.3 is 36.1 Å². The molecule has 136 heavy (non-hydrogen) atoms. The van der Waals surface area contributed by atoms with Crippen LogP contribution in [-0.2, 0) is 80.4 Å². The molecule has 681 valence electrons. The summed E-state index contributed by atoms with van der Waals surface area (Å²) >= 11 is 6.79. The molecule has 16 heteroatoms. The van der Waals surface area contributed by atoms with E-state index < -0.39 is 47.0 Å². The molecule has 0 amide bonds. The maximum atomic E-state index is 10.0. The van der Waals surface area contributed by atoms with Gasteiger partial charge in [0.05, 0.1) is 16.4 Å². The molecule has 0 aliphatic carbocycles. The molecule has 0 bridgehead atoms. The molecule has 0 saturated heterocycles. The first-order valence-corrected chi connectivity index (χ1v) is 43.8. The van der Waals surface area contributed by atoms with Crippen LogP contribution >= 0.6 is 45.3 Å². The summed E-state index contributed by atoms with van der Waals surface area (Å²) in [4.78, 5) is 20.0. The number of aryl methyl sites for hydroxylation is 3. The van der Waals surface area contributed by atoms with Gasteiger partial charge in [-0.05, 0) is 153 Å². The third kappa shape index (κ3) is 30.6. The topological polar surface area (TPSA) is 123 Å². The molecule has 1 unspecified atom stereocenters. The van der Waals surface area contributed by atoms with Gasteiger partial charge in [-0.1, -0.05) is 216 Å². The van der Waals surface area contributed by atoms with Gasteiger partial charge >= 0.3 is 60.3 Å². The number of benzene rings is 12. The van der Waals surface area contributed by atoms with E-state index in [9.17, 15) is 10.8 Å². The summed E-state index contributed by atoms with van der Waals surface area (Å²) in [5, 5.41) is 32.9. The number of thiophene rings is 4. The summed E-state index contributed by atoms with van der Waals surface area (Å²) in [6, 6.07) is 106. The summed E-state index contributed by atoms with van der Waals surface area (Å²) in [6.45, 7) is -1.30. The fourth-order valence-corrected chi connectivity index (χ4v) is 17.1. The van der Waals surface area contributed by atoms with Crippen molar-refractivity contribution >= 4 is 143 Å². The van der Waals surface area contributed by atoms with E-state index in [-0.39, 0.29) is 218 Å². The number of pyridine rings is 5. The number of nitrogens with zero attached hydrogens (tertiary/aromatic N) is 8. The Kier molecular flexibility index (Phi) is 28.5. The normalized spacial score (nSPS) is 14.7. The van der Waals surface area contributed by atoms with Crippen LogP contribution in [0.15, 0.2) is 413 Å². The van der Waals surface area contributed by atoms with Crippen LogP contribution in [-0.4, -0.2) is 42.9 Å². The van der Waals surface area contributed by atoms with Crippen LogP contribution in [0.5, 0.6) is 0 Å². The summed E-state index contributed by atoms with van der Waals surface area (Å²) in [7, 11) is 0. The van der Waals surface area contributed by atoms with E-state index in [1.165, 1.54) is 91.2 Å². The summed E-state index contributed by atoms with van der Waals surface area (Å²) in [6.07, 6.45) is 5.25. The Morgan fingerprint density at radius 3 is 1.56 bits per heavy atom. The molecule has 21 rings (SSSR count). The van der Waals surface area contributed by atoms with Gasteiger partial charge in [-0.3, -0.25) is 10.7 Å². The molecule has 9 heterocycles. The fourth-order valence-electron chi connectivity index (χ4n) is 12.7. The summed E-state index contributed by atoms with van der Waals surface area (Å²) in [5.41, 5.74) is 7.70. The maximum absolute atomic E-state index is 10.0. The van der Waals surface area contributed by atoms with E-state index in [1.54, 1.807) is 103 Å². The van der Waals surface area contributed by atoms with Crippen LogP contribution in [0.3, 0.4) is 0 Å². The van der Waals surface area contributed by atoms with Crippen LogP contribution in [0.25, 0.3) is 148 Å². The molecule has 0 saturated carbocycles. The molecule has 0 aliphatic rings. The van der Waals surface area contributed by atoms with Crippen molar-refractivity contribution in [3.8, 4) is 45.0 Å². The summed E-state index contributed by atoms with van der Waals surface area (Å²) in [5.74, 6) is -0.423.